The monoisotopic (exact) mass is 199 g/mol. The van der Waals surface area contributed by atoms with E-state index in [0.717, 1.165) is 24.5 Å². The van der Waals surface area contributed by atoms with Crippen molar-refractivity contribution in [3.05, 3.63) is 0 Å². The van der Waals surface area contributed by atoms with E-state index >= 15 is 0 Å². The zero-order chi connectivity index (χ0) is 10.4. The maximum atomic E-state index is 5.09. The maximum absolute atomic E-state index is 5.09. The fraction of sp³-hybridized carbons (Fsp3) is 1.00. The largest absolute Gasteiger partial charge is 0.385 e. The summed E-state index contributed by atoms with van der Waals surface area (Å²) in [6.45, 7) is 3.28. The number of rotatable bonds is 6. The van der Waals surface area contributed by atoms with Gasteiger partial charge >= 0.3 is 0 Å². The third kappa shape index (κ3) is 3.58. The molecule has 84 valence electrons. The fourth-order valence-electron chi connectivity index (χ4n) is 2.68. The minimum absolute atomic E-state index is 0.718. The Labute approximate surface area is 88.4 Å². The van der Waals surface area contributed by atoms with E-state index in [4.69, 9.17) is 4.74 Å². The fourth-order valence-corrected chi connectivity index (χ4v) is 2.68. The van der Waals surface area contributed by atoms with Crippen molar-refractivity contribution in [2.45, 2.75) is 45.1 Å². The summed E-state index contributed by atoms with van der Waals surface area (Å²) in [4.78, 5) is 0. The Bertz CT molecular complexity index is 149. The number of hydrogen-bond acceptors (Lipinski definition) is 2. The van der Waals surface area contributed by atoms with Crippen molar-refractivity contribution < 1.29 is 4.74 Å². The molecule has 2 nitrogen and oxygen atoms in total. The molecular weight excluding hydrogens is 174 g/mol. The highest BCUT2D eigenvalue weighted by atomic mass is 16.5. The topological polar surface area (TPSA) is 21.3 Å². The molecule has 1 aliphatic carbocycles. The maximum Gasteiger partial charge on any atom is 0.0462 e. The van der Waals surface area contributed by atoms with Gasteiger partial charge in [0, 0.05) is 19.8 Å². The predicted octanol–water partition coefficient (Wildman–Crippen LogP) is 2.44. The van der Waals surface area contributed by atoms with E-state index in [-0.39, 0.29) is 0 Å². The van der Waals surface area contributed by atoms with Gasteiger partial charge in [0.05, 0.1) is 0 Å². The lowest BCUT2D eigenvalue weighted by atomic mass is 9.93. The summed E-state index contributed by atoms with van der Waals surface area (Å²) >= 11 is 0. The van der Waals surface area contributed by atoms with Crippen molar-refractivity contribution in [1.82, 2.24) is 5.32 Å². The summed E-state index contributed by atoms with van der Waals surface area (Å²) < 4.78 is 5.09. The van der Waals surface area contributed by atoms with Crippen LogP contribution in [-0.4, -0.2) is 26.8 Å². The molecule has 1 N–H and O–H groups in total. The van der Waals surface area contributed by atoms with E-state index in [1.807, 2.05) is 0 Å². The Kier molecular flexibility index (Phi) is 5.49. The van der Waals surface area contributed by atoms with E-state index in [0.29, 0.717) is 0 Å². The van der Waals surface area contributed by atoms with Crippen LogP contribution in [0.2, 0.25) is 0 Å². The van der Waals surface area contributed by atoms with Gasteiger partial charge in [-0.05, 0) is 44.6 Å². The highest BCUT2D eigenvalue weighted by Gasteiger charge is 2.27. The van der Waals surface area contributed by atoms with Crippen LogP contribution in [0.4, 0.5) is 0 Å². The predicted molar refractivity (Wildman–Crippen MR) is 60.5 cm³/mol. The second-order valence-electron chi connectivity index (χ2n) is 4.71. The Morgan fingerprint density at radius 2 is 2.21 bits per heavy atom. The second-order valence-corrected chi connectivity index (χ2v) is 4.71. The van der Waals surface area contributed by atoms with Crippen molar-refractivity contribution in [2.24, 2.45) is 11.8 Å². The molecule has 3 atom stereocenters. The molecule has 0 bridgehead atoms. The van der Waals surface area contributed by atoms with Crippen LogP contribution in [0.5, 0.6) is 0 Å². The molecule has 0 aromatic heterocycles. The molecule has 0 aromatic carbocycles. The molecule has 0 aliphatic heterocycles. The van der Waals surface area contributed by atoms with Crippen LogP contribution in [0.1, 0.15) is 39.0 Å². The van der Waals surface area contributed by atoms with Crippen LogP contribution in [0, 0.1) is 11.8 Å². The van der Waals surface area contributed by atoms with Crippen LogP contribution in [0.25, 0.3) is 0 Å². The molecule has 0 radical (unpaired) electrons. The van der Waals surface area contributed by atoms with Gasteiger partial charge in [-0.15, -0.1) is 0 Å². The van der Waals surface area contributed by atoms with Gasteiger partial charge in [-0.2, -0.15) is 0 Å². The molecule has 2 heteroatoms. The Hall–Kier alpha value is -0.0800. The molecule has 0 amide bonds. The summed E-state index contributed by atoms with van der Waals surface area (Å²) in [6.07, 6.45) is 6.71. The Balaban J connectivity index is 2.23. The third-order valence-corrected chi connectivity index (χ3v) is 3.54. The molecule has 0 spiro atoms. The molecule has 3 unspecified atom stereocenters. The lowest BCUT2D eigenvalue weighted by molar-refractivity contribution is 0.184. The SMILES string of the molecule is CNC(CCCOC)C1CCC(C)C1. The normalized spacial score (nSPS) is 29.4. The summed E-state index contributed by atoms with van der Waals surface area (Å²) in [6, 6.07) is 0.718. The molecule has 1 fully saturated rings. The summed E-state index contributed by atoms with van der Waals surface area (Å²) in [5.41, 5.74) is 0. The first kappa shape index (κ1) is 12.0. The van der Waals surface area contributed by atoms with E-state index < -0.39 is 0 Å². The van der Waals surface area contributed by atoms with Crippen molar-refractivity contribution in [3.63, 3.8) is 0 Å². The average Bonchev–Trinajstić information content (AvgIpc) is 2.60. The first-order valence-electron chi connectivity index (χ1n) is 5.94. The lowest BCUT2D eigenvalue weighted by Gasteiger charge is -2.23. The van der Waals surface area contributed by atoms with Crippen molar-refractivity contribution in [3.8, 4) is 0 Å². The summed E-state index contributed by atoms with van der Waals surface area (Å²) in [7, 11) is 3.88. The smallest absolute Gasteiger partial charge is 0.0462 e. The highest BCUT2D eigenvalue weighted by Crippen LogP contribution is 2.33. The van der Waals surface area contributed by atoms with Gasteiger partial charge in [-0.3, -0.25) is 0 Å². The van der Waals surface area contributed by atoms with E-state index in [9.17, 15) is 0 Å². The van der Waals surface area contributed by atoms with E-state index in [2.05, 4.69) is 19.3 Å². The number of methoxy groups -OCH3 is 1. The number of nitrogens with one attached hydrogen (secondary N) is 1. The zero-order valence-electron chi connectivity index (χ0n) is 9.88. The van der Waals surface area contributed by atoms with E-state index in [1.54, 1.807) is 7.11 Å². The Morgan fingerprint density at radius 3 is 2.71 bits per heavy atom. The van der Waals surface area contributed by atoms with Gasteiger partial charge in [-0.1, -0.05) is 13.3 Å². The van der Waals surface area contributed by atoms with Gasteiger partial charge in [0.1, 0.15) is 0 Å². The Morgan fingerprint density at radius 1 is 1.43 bits per heavy atom. The van der Waals surface area contributed by atoms with Crippen molar-refractivity contribution >= 4 is 0 Å². The van der Waals surface area contributed by atoms with Crippen LogP contribution in [0.3, 0.4) is 0 Å². The standard InChI is InChI=1S/C12H25NO/c1-10-6-7-11(9-10)12(13-2)5-4-8-14-3/h10-13H,4-9H2,1-3H3. The second kappa shape index (κ2) is 6.41. The van der Waals surface area contributed by atoms with Gasteiger partial charge in [-0.25, -0.2) is 0 Å². The van der Waals surface area contributed by atoms with Crippen LogP contribution in [-0.2, 0) is 4.74 Å². The van der Waals surface area contributed by atoms with Crippen molar-refractivity contribution in [1.29, 1.82) is 0 Å². The lowest BCUT2D eigenvalue weighted by Crippen LogP contribution is -2.32. The van der Waals surface area contributed by atoms with Crippen LogP contribution >= 0.6 is 0 Å². The van der Waals surface area contributed by atoms with Gasteiger partial charge in [0.2, 0.25) is 0 Å². The summed E-state index contributed by atoms with van der Waals surface area (Å²) in [5, 5.41) is 3.47. The molecule has 1 aliphatic rings. The van der Waals surface area contributed by atoms with Gasteiger partial charge in [0.25, 0.3) is 0 Å². The number of ether oxygens (including phenoxy) is 1. The molecule has 14 heavy (non-hydrogen) atoms. The molecule has 1 saturated carbocycles. The quantitative estimate of drug-likeness (QED) is 0.663. The van der Waals surface area contributed by atoms with Gasteiger partial charge in [0.15, 0.2) is 0 Å². The average molecular weight is 199 g/mol. The highest BCUT2D eigenvalue weighted by molar-refractivity contribution is 4.82. The number of hydrogen-bond donors (Lipinski definition) is 1. The molecular formula is C12H25NO. The van der Waals surface area contributed by atoms with E-state index in [1.165, 1.54) is 32.1 Å². The molecule has 0 heterocycles. The van der Waals surface area contributed by atoms with Crippen LogP contribution < -0.4 is 5.32 Å². The van der Waals surface area contributed by atoms with Gasteiger partial charge < -0.3 is 10.1 Å². The third-order valence-electron chi connectivity index (χ3n) is 3.54. The molecule has 0 aromatic rings. The molecule has 0 saturated heterocycles. The van der Waals surface area contributed by atoms with Crippen LogP contribution in [0.15, 0.2) is 0 Å². The minimum Gasteiger partial charge on any atom is -0.385 e. The summed E-state index contributed by atoms with van der Waals surface area (Å²) in [5.74, 6) is 1.85. The first-order chi connectivity index (χ1) is 6.77. The van der Waals surface area contributed by atoms with Crippen molar-refractivity contribution in [2.75, 3.05) is 20.8 Å². The minimum atomic E-state index is 0.718. The zero-order valence-corrected chi connectivity index (χ0v) is 9.88. The molecule has 1 rings (SSSR count). The first-order valence-corrected chi connectivity index (χ1v) is 5.94.